The number of benzene rings is 1. The van der Waals surface area contributed by atoms with Gasteiger partial charge in [-0.2, -0.15) is 0 Å². The molecule has 0 unspecified atom stereocenters. The summed E-state index contributed by atoms with van der Waals surface area (Å²) in [5.74, 6) is 0. The molecule has 0 radical (unpaired) electrons. The minimum absolute atomic E-state index is 0.121. The summed E-state index contributed by atoms with van der Waals surface area (Å²) in [6.45, 7) is 4.57. The van der Waals surface area contributed by atoms with E-state index in [1.54, 1.807) is 11.3 Å². The summed E-state index contributed by atoms with van der Waals surface area (Å²) in [6.07, 6.45) is 0.969. The summed E-state index contributed by atoms with van der Waals surface area (Å²) in [5, 5.41) is 4.51. The first-order valence-electron chi connectivity index (χ1n) is 6.20. The van der Waals surface area contributed by atoms with Crippen molar-refractivity contribution >= 4 is 32.2 Å². The molecule has 0 amide bonds. The van der Waals surface area contributed by atoms with E-state index >= 15 is 0 Å². The number of halogens is 1. The molecule has 0 saturated carbocycles. The lowest BCUT2D eigenvalue weighted by molar-refractivity contribution is 0.504. The number of aromatic nitrogens is 3. The number of hydrogen-bond donors (Lipinski definition) is 0. The second-order valence-electron chi connectivity index (χ2n) is 5.56. The topological polar surface area (TPSA) is 30.2 Å². The Morgan fingerprint density at radius 3 is 2.95 bits per heavy atom. The fourth-order valence-corrected chi connectivity index (χ4v) is 4.18. The number of fused-ring (bicyclic) bond motifs is 5. The summed E-state index contributed by atoms with van der Waals surface area (Å²) in [7, 11) is 0. The second-order valence-corrected chi connectivity index (χ2v) is 7.79. The van der Waals surface area contributed by atoms with Gasteiger partial charge in [0.2, 0.25) is 4.96 Å². The molecule has 1 aliphatic carbocycles. The first-order valence-corrected chi connectivity index (χ1v) is 7.81. The minimum atomic E-state index is 0.121. The van der Waals surface area contributed by atoms with Crippen LogP contribution < -0.4 is 0 Å². The highest BCUT2D eigenvalue weighted by Gasteiger charge is 2.34. The van der Waals surface area contributed by atoms with Crippen molar-refractivity contribution in [2.45, 2.75) is 25.7 Å². The fourth-order valence-electron chi connectivity index (χ4n) is 2.93. The van der Waals surface area contributed by atoms with Crippen LogP contribution in [-0.4, -0.2) is 14.6 Å². The molecule has 2 heterocycles. The molecule has 0 spiro atoms. The van der Waals surface area contributed by atoms with Gasteiger partial charge in [-0.25, -0.2) is 9.50 Å². The van der Waals surface area contributed by atoms with Crippen molar-refractivity contribution in [1.82, 2.24) is 14.6 Å². The Balaban J connectivity index is 2.10. The van der Waals surface area contributed by atoms with Crippen molar-refractivity contribution < 1.29 is 0 Å². The van der Waals surface area contributed by atoms with Gasteiger partial charge in [-0.15, -0.1) is 5.10 Å². The first kappa shape index (κ1) is 11.6. The van der Waals surface area contributed by atoms with Crippen molar-refractivity contribution in [3.05, 3.63) is 39.4 Å². The molecule has 4 rings (SSSR count). The van der Waals surface area contributed by atoms with E-state index in [2.05, 4.69) is 59.1 Å². The quantitative estimate of drug-likeness (QED) is 0.621. The normalized spacial score (nSPS) is 16.4. The van der Waals surface area contributed by atoms with Gasteiger partial charge in [0.1, 0.15) is 0 Å². The predicted molar refractivity (Wildman–Crippen MR) is 80.7 cm³/mol. The van der Waals surface area contributed by atoms with Crippen molar-refractivity contribution in [1.29, 1.82) is 0 Å². The molecule has 3 aromatic rings. The van der Waals surface area contributed by atoms with Crippen LogP contribution in [0.2, 0.25) is 0 Å². The molecule has 3 nitrogen and oxygen atoms in total. The number of hydrogen-bond acceptors (Lipinski definition) is 3. The lowest BCUT2D eigenvalue weighted by Crippen LogP contribution is -2.26. The predicted octanol–water partition coefficient (Wildman–Crippen LogP) is 4.05. The van der Waals surface area contributed by atoms with Crippen LogP contribution in [0.4, 0.5) is 0 Å². The summed E-state index contributed by atoms with van der Waals surface area (Å²) < 4.78 is 2.87. The molecule has 1 aromatic carbocycles. The van der Waals surface area contributed by atoms with Gasteiger partial charge in [0.15, 0.2) is 3.92 Å². The van der Waals surface area contributed by atoms with Crippen LogP contribution in [0, 0.1) is 0 Å². The summed E-state index contributed by atoms with van der Waals surface area (Å²) in [4.78, 5) is 5.73. The van der Waals surface area contributed by atoms with Gasteiger partial charge < -0.3 is 0 Å². The largest absolute Gasteiger partial charge is 0.217 e. The van der Waals surface area contributed by atoms with Crippen molar-refractivity contribution in [2.24, 2.45) is 0 Å². The Morgan fingerprint density at radius 2 is 2.11 bits per heavy atom. The molecule has 0 aliphatic heterocycles. The lowest BCUT2D eigenvalue weighted by atomic mass is 9.73. The average Bonchev–Trinajstić information content (AvgIpc) is 2.87. The standard InChI is InChI=1S/C14H12BrN3S/c1-14(2)7-10-11(8-5-3-4-6-9(8)14)16-13-18(10)17-12(15)19-13/h3-6H,7H2,1-2H3. The fraction of sp³-hybridized carbons (Fsp3) is 0.286. The molecule has 19 heavy (non-hydrogen) atoms. The highest BCUT2D eigenvalue weighted by atomic mass is 79.9. The van der Waals surface area contributed by atoms with Crippen LogP contribution in [0.25, 0.3) is 16.2 Å². The first-order chi connectivity index (χ1) is 9.06. The van der Waals surface area contributed by atoms with Crippen molar-refractivity contribution in [3.8, 4) is 11.3 Å². The Bertz CT molecular complexity index is 800. The maximum absolute atomic E-state index is 4.77. The van der Waals surface area contributed by atoms with E-state index in [0.717, 1.165) is 21.0 Å². The van der Waals surface area contributed by atoms with E-state index in [9.17, 15) is 0 Å². The Kier molecular flexibility index (Phi) is 2.24. The Labute approximate surface area is 123 Å². The second kappa shape index (κ2) is 3.67. The SMILES string of the molecule is CC1(C)Cc2c(nc3sc(Br)nn23)-c2ccccc21. The van der Waals surface area contributed by atoms with Crippen LogP contribution in [0.3, 0.4) is 0 Å². The number of imidazole rings is 1. The third kappa shape index (κ3) is 1.55. The van der Waals surface area contributed by atoms with E-state index in [1.807, 2.05) is 4.52 Å². The highest BCUT2D eigenvalue weighted by Crippen LogP contribution is 2.43. The van der Waals surface area contributed by atoms with E-state index in [-0.39, 0.29) is 5.41 Å². The van der Waals surface area contributed by atoms with Gasteiger partial charge in [0.25, 0.3) is 0 Å². The highest BCUT2D eigenvalue weighted by molar-refractivity contribution is 9.11. The Morgan fingerprint density at radius 1 is 1.32 bits per heavy atom. The lowest BCUT2D eigenvalue weighted by Gasteiger charge is -2.31. The van der Waals surface area contributed by atoms with E-state index in [4.69, 9.17) is 4.98 Å². The monoisotopic (exact) mass is 333 g/mol. The molecule has 0 atom stereocenters. The molecular formula is C14H12BrN3S. The maximum Gasteiger partial charge on any atom is 0.213 e. The third-order valence-electron chi connectivity index (χ3n) is 3.79. The summed E-state index contributed by atoms with van der Waals surface area (Å²) >= 11 is 5.02. The van der Waals surface area contributed by atoms with Gasteiger partial charge >= 0.3 is 0 Å². The minimum Gasteiger partial charge on any atom is -0.217 e. The smallest absolute Gasteiger partial charge is 0.213 e. The number of rotatable bonds is 0. The van der Waals surface area contributed by atoms with Crippen molar-refractivity contribution in [2.75, 3.05) is 0 Å². The molecule has 5 heteroatoms. The zero-order chi connectivity index (χ0) is 13.2. The van der Waals surface area contributed by atoms with Crippen LogP contribution in [0.5, 0.6) is 0 Å². The molecular weight excluding hydrogens is 322 g/mol. The van der Waals surface area contributed by atoms with Crippen LogP contribution in [0.1, 0.15) is 25.1 Å². The van der Waals surface area contributed by atoms with Gasteiger partial charge in [0.05, 0.1) is 11.4 Å². The Hall–Kier alpha value is -1.20. The molecule has 0 saturated heterocycles. The zero-order valence-electron chi connectivity index (χ0n) is 10.6. The van der Waals surface area contributed by atoms with Crippen LogP contribution in [-0.2, 0) is 11.8 Å². The number of nitrogens with zero attached hydrogens (tertiary/aromatic N) is 3. The van der Waals surface area contributed by atoms with Gasteiger partial charge in [-0.3, -0.25) is 0 Å². The van der Waals surface area contributed by atoms with Crippen LogP contribution >= 0.6 is 27.3 Å². The molecule has 0 fully saturated rings. The average molecular weight is 334 g/mol. The summed E-state index contributed by atoms with van der Waals surface area (Å²) in [6, 6.07) is 8.58. The summed E-state index contributed by atoms with van der Waals surface area (Å²) in [5.41, 5.74) is 5.08. The van der Waals surface area contributed by atoms with E-state index in [0.29, 0.717) is 0 Å². The molecule has 0 N–H and O–H groups in total. The molecule has 0 bridgehead atoms. The van der Waals surface area contributed by atoms with Gasteiger partial charge in [-0.05, 0) is 26.9 Å². The molecule has 1 aliphatic rings. The van der Waals surface area contributed by atoms with E-state index in [1.165, 1.54) is 16.8 Å². The third-order valence-corrected chi connectivity index (χ3v) is 5.13. The van der Waals surface area contributed by atoms with Gasteiger partial charge in [0, 0.05) is 12.0 Å². The molecule has 2 aromatic heterocycles. The molecule has 96 valence electrons. The zero-order valence-corrected chi connectivity index (χ0v) is 13.0. The maximum atomic E-state index is 4.77. The van der Waals surface area contributed by atoms with Crippen LogP contribution in [0.15, 0.2) is 28.2 Å². The van der Waals surface area contributed by atoms with E-state index < -0.39 is 0 Å². The van der Waals surface area contributed by atoms with Crippen molar-refractivity contribution in [3.63, 3.8) is 0 Å². The van der Waals surface area contributed by atoms with Gasteiger partial charge in [-0.1, -0.05) is 49.4 Å².